The predicted molar refractivity (Wildman–Crippen MR) is 94.8 cm³/mol. The Labute approximate surface area is 148 Å². The molecule has 0 radical (unpaired) electrons. The molecule has 0 aromatic carbocycles. The number of nitrogens with one attached hydrogen (secondary N) is 2. The van der Waals surface area contributed by atoms with Crippen LogP contribution < -0.4 is 15.8 Å². The van der Waals surface area contributed by atoms with Crippen LogP contribution in [0.15, 0.2) is 22.3 Å². The maximum Gasteiger partial charge on any atom is 0.258 e. The Morgan fingerprint density at radius 1 is 1.28 bits per heavy atom. The Morgan fingerprint density at radius 3 is 2.76 bits per heavy atom. The fourth-order valence-electron chi connectivity index (χ4n) is 3.53. The minimum atomic E-state index is -0.935. The number of H-pyrrole nitrogens is 1. The van der Waals surface area contributed by atoms with Gasteiger partial charge in [-0.05, 0) is 30.7 Å². The predicted octanol–water partition coefficient (Wildman–Crippen LogP) is 2.05. The zero-order chi connectivity index (χ0) is 17.4. The Hall–Kier alpha value is -2.66. The summed E-state index contributed by atoms with van der Waals surface area (Å²) < 4.78 is 0. The van der Waals surface area contributed by atoms with Crippen LogP contribution in [0.3, 0.4) is 0 Å². The quantitative estimate of drug-likeness (QED) is 0.858. The van der Waals surface area contributed by atoms with Gasteiger partial charge in [0.2, 0.25) is 11.9 Å². The largest absolute Gasteiger partial charge is 0.342 e. The average Bonchev–Trinajstić information content (AvgIpc) is 3.15. The Morgan fingerprint density at radius 2 is 2.08 bits per heavy atom. The monoisotopic (exact) mass is 355 g/mol. The maximum atomic E-state index is 12.8. The normalized spacial score (nSPS) is 22.8. The molecule has 2 aromatic rings. The summed E-state index contributed by atoms with van der Waals surface area (Å²) in [6.07, 6.45) is 3.29. The summed E-state index contributed by atoms with van der Waals surface area (Å²) in [5, 5.41) is 14.0. The molecule has 2 aliphatic rings. The van der Waals surface area contributed by atoms with Gasteiger partial charge in [-0.2, -0.15) is 10.2 Å². The van der Waals surface area contributed by atoms with E-state index in [1.54, 1.807) is 0 Å². The number of amides is 1. The van der Waals surface area contributed by atoms with E-state index in [0.717, 1.165) is 30.8 Å². The number of nitrogens with zero attached hydrogens (tertiary/aromatic N) is 3. The van der Waals surface area contributed by atoms with E-state index in [1.807, 2.05) is 28.5 Å². The molecular weight excluding hydrogens is 338 g/mol. The van der Waals surface area contributed by atoms with Crippen molar-refractivity contribution in [2.45, 2.75) is 25.2 Å². The second kappa shape index (κ2) is 6.33. The van der Waals surface area contributed by atoms with Gasteiger partial charge in [0.15, 0.2) is 0 Å². The van der Waals surface area contributed by atoms with Gasteiger partial charge in [0.1, 0.15) is 11.7 Å². The summed E-state index contributed by atoms with van der Waals surface area (Å²) in [5.74, 6) is -1.16. The molecule has 1 amide bonds. The number of carbonyl (C=O) groups excluding carboxylic acids is 1. The van der Waals surface area contributed by atoms with Crippen molar-refractivity contribution in [2.24, 2.45) is 5.92 Å². The highest BCUT2D eigenvalue weighted by atomic mass is 32.1. The van der Waals surface area contributed by atoms with E-state index >= 15 is 0 Å². The molecule has 0 saturated carbocycles. The first kappa shape index (κ1) is 15.8. The van der Waals surface area contributed by atoms with Crippen LogP contribution in [0.4, 0.5) is 11.8 Å². The van der Waals surface area contributed by atoms with Crippen LogP contribution in [0.2, 0.25) is 0 Å². The van der Waals surface area contributed by atoms with Crippen molar-refractivity contribution < 1.29 is 4.79 Å². The summed E-state index contributed by atoms with van der Waals surface area (Å²) in [6.45, 7) is 1.68. The van der Waals surface area contributed by atoms with E-state index in [9.17, 15) is 14.9 Å². The Bertz CT molecular complexity index is 893. The van der Waals surface area contributed by atoms with Crippen molar-refractivity contribution in [3.63, 3.8) is 0 Å². The molecule has 2 N–H and O–H groups in total. The van der Waals surface area contributed by atoms with Crippen LogP contribution >= 0.6 is 11.3 Å². The minimum Gasteiger partial charge on any atom is -0.342 e. The molecule has 2 aliphatic heterocycles. The molecule has 2 aromatic heterocycles. The standard InChI is InChI=1S/C17H17N5O2S/c18-9-10-12(11-5-4-8-25-11)13-14(19-15(10)23)20-17(21-16(13)24)22-6-2-1-3-7-22/h4-5,8,10,12H,1-3,6-7H2,(H2,19,20,21,23,24). The lowest BCUT2D eigenvalue weighted by atomic mass is 9.83. The van der Waals surface area contributed by atoms with Gasteiger partial charge < -0.3 is 10.2 Å². The summed E-state index contributed by atoms with van der Waals surface area (Å²) in [7, 11) is 0. The van der Waals surface area contributed by atoms with E-state index < -0.39 is 17.7 Å². The van der Waals surface area contributed by atoms with E-state index in [-0.39, 0.29) is 11.4 Å². The van der Waals surface area contributed by atoms with E-state index in [0.29, 0.717) is 11.5 Å². The number of rotatable bonds is 2. The number of aromatic nitrogens is 2. The number of thiophene rings is 1. The van der Waals surface area contributed by atoms with E-state index in [2.05, 4.69) is 15.3 Å². The summed E-state index contributed by atoms with van der Waals surface area (Å²) in [6, 6.07) is 5.74. The third-order valence-corrected chi connectivity index (χ3v) is 5.71. The third kappa shape index (κ3) is 2.70. The van der Waals surface area contributed by atoms with Crippen molar-refractivity contribution in [2.75, 3.05) is 23.3 Å². The molecule has 0 aliphatic carbocycles. The maximum absolute atomic E-state index is 12.8. The molecule has 8 heteroatoms. The summed E-state index contributed by atoms with van der Waals surface area (Å²) in [4.78, 5) is 35.4. The lowest BCUT2D eigenvalue weighted by Crippen LogP contribution is -2.40. The van der Waals surface area contributed by atoms with E-state index in [1.165, 1.54) is 17.8 Å². The van der Waals surface area contributed by atoms with Crippen LogP contribution in [0.25, 0.3) is 0 Å². The first-order valence-corrected chi connectivity index (χ1v) is 9.20. The van der Waals surface area contributed by atoms with Gasteiger partial charge in [-0.3, -0.25) is 14.6 Å². The van der Waals surface area contributed by atoms with Crippen LogP contribution in [-0.2, 0) is 4.79 Å². The summed E-state index contributed by atoms with van der Waals surface area (Å²) >= 11 is 1.43. The highest BCUT2D eigenvalue weighted by molar-refractivity contribution is 7.10. The number of carbonyl (C=O) groups is 1. The molecular formula is C17H17N5O2S. The van der Waals surface area contributed by atoms with Crippen molar-refractivity contribution in [3.8, 4) is 6.07 Å². The van der Waals surface area contributed by atoms with Crippen LogP contribution in [0.5, 0.6) is 0 Å². The molecule has 1 saturated heterocycles. The second-order valence-electron chi connectivity index (χ2n) is 6.29. The molecule has 7 nitrogen and oxygen atoms in total. The molecule has 4 rings (SSSR count). The third-order valence-electron chi connectivity index (χ3n) is 4.76. The number of fused-ring (bicyclic) bond motifs is 1. The lowest BCUT2D eigenvalue weighted by Gasteiger charge is -2.30. The average molecular weight is 355 g/mol. The number of piperidine rings is 1. The van der Waals surface area contributed by atoms with Crippen LogP contribution in [0.1, 0.15) is 35.6 Å². The molecule has 0 spiro atoms. The number of anilines is 2. The smallest absolute Gasteiger partial charge is 0.258 e. The fourth-order valence-corrected chi connectivity index (χ4v) is 4.40. The Balaban J connectivity index is 1.83. The Kier molecular flexibility index (Phi) is 4.01. The van der Waals surface area contributed by atoms with Gasteiger partial charge in [-0.1, -0.05) is 6.07 Å². The SMILES string of the molecule is N#CC1C(=O)Nc2nc(N3CCCCC3)[nH]c(=O)c2C1c1cccs1. The molecule has 128 valence electrons. The first-order chi connectivity index (χ1) is 12.2. The topological polar surface area (TPSA) is 102 Å². The van der Waals surface area contributed by atoms with Crippen LogP contribution in [-0.4, -0.2) is 29.0 Å². The van der Waals surface area contributed by atoms with Crippen molar-refractivity contribution in [1.29, 1.82) is 5.26 Å². The first-order valence-electron chi connectivity index (χ1n) is 8.32. The van der Waals surface area contributed by atoms with Crippen molar-refractivity contribution >= 4 is 29.0 Å². The molecule has 2 atom stereocenters. The fraction of sp³-hybridized carbons (Fsp3) is 0.412. The van der Waals surface area contributed by atoms with Gasteiger partial charge in [-0.15, -0.1) is 11.3 Å². The molecule has 1 fully saturated rings. The lowest BCUT2D eigenvalue weighted by molar-refractivity contribution is -0.119. The number of aromatic amines is 1. The van der Waals surface area contributed by atoms with E-state index in [4.69, 9.17) is 0 Å². The number of hydrogen-bond acceptors (Lipinski definition) is 6. The van der Waals surface area contributed by atoms with Gasteiger partial charge >= 0.3 is 0 Å². The van der Waals surface area contributed by atoms with Gasteiger partial charge in [0.25, 0.3) is 5.56 Å². The van der Waals surface area contributed by atoms with Gasteiger partial charge in [-0.25, -0.2) is 0 Å². The minimum absolute atomic E-state index is 0.277. The highest BCUT2D eigenvalue weighted by Crippen LogP contribution is 2.39. The molecule has 25 heavy (non-hydrogen) atoms. The van der Waals surface area contributed by atoms with Gasteiger partial charge in [0.05, 0.1) is 17.6 Å². The van der Waals surface area contributed by atoms with Crippen LogP contribution in [0, 0.1) is 17.2 Å². The zero-order valence-corrected chi connectivity index (χ0v) is 14.3. The summed E-state index contributed by atoms with van der Waals surface area (Å²) in [5.41, 5.74) is 0.0820. The molecule has 4 heterocycles. The highest BCUT2D eigenvalue weighted by Gasteiger charge is 2.40. The molecule has 0 bridgehead atoms. The van der Waals surface area contributed by atoms with Crippen molar-refractivity contribution in [1.82, 2.24) is 9.97 Å². The molecule has 2 unspecified atom stereocenters. The van der Waals surface area contributed by atoms with Crippen molar-refractivity contribution in [3.05, 3.63) is 38.3 Å². The second-order valence-corrected chi connectivity index (χ2v) is 7.27. The number of hydrogen-bond donors (Lipinski definition) is 2. The van der Waals surface area contributed by atoms with Gasteiger partial charge in [0, 0.05) is 18.0 Å². The number of nitriles is 1. The zero-order valence-electron chi connectivity index (χ0n) is 13.5.